The Balaban J connectivity index is 2.48. The largest absolute Gasteiger partial charge is 0.0874 e. The van der Waals surface area contributed by atoms with Crippen molar-refractivity contribution < 1.29 is 0 Å². The number of allylic oxidation sites excluding steroid dienone is 4. The highest BCUT2D eigenvalue weighted by Crippen LogP contribution is 2.36. The first kappa shape index (κ1) is 6.60. The minimum absolute atomic E-state index is 0.909. The third-order valence-electron chi connectivity index (χ3n) is 1.74. The number of hydrogen-bond donors (Lipinski definition) is 0. The average Bonchev–Trinajstić information content (AvgIpc) is 2.64. The van der Waals surface area contributed by atoms with Gasteiger partial charge in [0.2, 0.25) is 0 Å². The minimum atomic E-state index is 0.909. The molecule has 0 heterocycles. The zero-order valence-electron chi connectivity index (χ0n) is 6.22. The summed E-state index contributed by atoms with van der Waals surface area (Å²) < 4.78 is 0. The molecule has 1 rings (SSSR count). The van der Waals surface area contributed by atoms with Crippen molar-refractivity contribution in [3.63, 3.8) is 0 Å². The van der Waals surface area contributed by atoms with Crippen molar-refractivity contribution in [3.8, 4) is 0 Å². The van der Waals surface area contributed by atoms with E-state index in [9.17, 15) is 0 Å². The Labute approximate surface area is 57.3 Å². The first-order chi connectivity index (χ1) is 4.38. The molecule has 0 aromatic rings. The smallest absolute Gasteiger partial charge is 0.0165 e. The van der Waals surface area contributed by atoms with Crippen LogP contribution in [-0.2, 0) is 0 Å². The Morgan fingerprint density at radius 1 is 1.33 bits per heavy atom. The molecule has 0 saturated heterocycles. The van der Waals surface area contributed by atoms with Crippen LogP contribution >= 0.6 is 0 Å². The molecule has 0 radical (unpaired) electrons. The third-order valence-corrected chi connectivity index (χ3v) is 1.74. The molecule has 1 fully saturated rings. The first-order valence-electron chi connectivity index (χ1n) is 3.67. The van der Waals surface area contributed by atoms with Gasteiger partial charge in [-0.15, -0.1) is 0 Å². The molecule has 9 heavy (non-hydrogen) atoms. The maximum absolute atomic E-state index is 2.22. The topological polar surface area (TPSA) is 0 Å². The van der Waals surface area contributed by atoms with Crippen molar-refractivity contribution >= 4 is 0 Å². The summed E-state index contributed by atoms with van der Waals surface area (Å²) in [6, 6.07) is 0. The van der Waals surface area contributed by atoms with Crippen LogP contribution < -0.4 is 0 Å². The van der Waals surface area contributed by atoms with Gasteiger partial charge in [-0.05, 0) is 38.2 Å². The average molecular weight is 122 g/mol. The second kappa shape index (κ2) is 2.86. The summed E-state index contributed by atoms with van der Waals surface area (Å²) >= 11 is 0. The highest BCUT2D eigenvalue weighted by molar-refractivity contribution is 5.24. The maximum Gasteiger partial charge on any atom is -0.0165 e. The molecule has 1 aliphatic rings. The molecular weight excluding hydrogens is 108 g/mol. The van der Waals surface area contributed by atoms with Crippen LogP contribution in [0.1, 0.15) is 26.7 Å². The summed E-state index contributed by atoms with van der Waals surface area (Å²) in [7, 11) is 0. The summed E-state index contributed by atoms with van der Waals surface area (Å²) in [5.74, 6) is 0.909. The van der Waals surface area contributed by atoms with Crippen LogP contribution in [0.4, 0.5) is 0 Å². The lowest BCUT2D eigenvalue weighted by atomic mass is 10.1. The van der Waals surface area contributed by atoms with E-state index in [4.69, 9.17) is 0 Å². The highest BCUT2D eigenvalue weighted by Gasteiger charge is 2.23. The fourth-order valence-electron chi connectivity index (χ4n) is 1.08. The molecule has 0 unspecified atom stereocenters. The number of rotatable bonds is 2. The van der Waals surface area contributed by atoms with Crippen molar-refractivity contribution in [2.45, 2.75) is 26.7 Å². The van der Waals surface area contributed by atoms with Crippen LogP contribution in [-0.4, -0.2) is 0 Å². The molecule has 0 atom stereocenters. The predicted octanol–water partition coefficient (Wildman–Crippen LogP) is 2.92. The van der Waals surface area contributed by atoms with Crippen molar-refractivity contribution in [2.24, 2.45) is 5.92 Å². The molecule has 0 N–H and O–H groups in total. The quantitative estimate of drug-likeness (QED) is 0.494. The van der Waals surface area contributed by atoms with Crippen LogP contribution in [0.15, 0.2) is 23.8 Å². The lowest BCUT2D eigenvalue weighted by Gasteiger charge is -1.93. The van der Waals surface area contributed by atoms with Crippen molar-refractivity contribution in [1.82, 2.24) is 0 Å². The van der Waals surface area contributed by atoms with Gasteiger partial charge in [0.25, 0.3) is 0 Å². The van der Waals surface area contributed by atoms with Gasteiger partial charge in [0.15, 0.2) is 0 Å². The SMILES string of the molecule is C/C=C/C(=C/C)C1CC1. The zero-order chi connectivity index (χ0) is 6.69. The molecule has 0 aliphatic heterocycles. The van der Waals surface area contributed by atoms with E-state index in [1.807, 2.05) is 0 Å². The summed E-state index contributed by atoms with van der Waals surface area (Å²) in [4.78, 5) is 0. The monoisotopic (exact) mass is 122 g/mol. The first-order valence-corrected chi connectivity index (χ1v) is 3.67. The van der Waals surface area contributed by atoms with Gasteiger partial charge in [-0.25, -0.2) is 0 Å². The van der Waals surface area contributed by atoms with Gasteiger partial charge in [-0.3, -0.25) is 0 Å². The molecular formula is C9H14. The summed E-state index contributed by atoms with van der Waals surface area (Å²) in [5, 5.41) is 0. The van der Waals surface area contributed by atoms with E-state index >= 15 is 0 Å². The molecule has 0 amide bonds. The maximum atomic E-state index is 2.22. The predicted molar refractivity (Wildman–Crippen MR) is 41.3 cm³/mol. The van der Waals surface area contributed by atoms with E-state index in [1.165, 1.54) is 18.4 Å². The Hall–Kier alpha value is -0.520. The molecule has 50 valence electrons. The molecule has 0 aromatic heterocycles. The van der Waals surface area contributed by atoms with Crippen LogP contribution in [0.2, 0.25) is 0 Å². The minimum Gasteiger partial charge on any atom is -0.0874 e. The van der Waals surface area contributed by atoms with E-state index in [-0.39, 0.29) is 0 Å². The van der Waals surface area contributed by atoms with Crippen molar-refractivity contribution in [1.29, 1.82) is 0 Å². The van der Waals surface area contributed by atoms with Crippen molar-refractivity contribution in [3.05, 3.63) is 23.8 Å². The fourth-order valence-corrected chi connectivity index (χ4v) is 1.08. The summed E-state index contributed by atoms with van der Waals surface area (Å²) in [6.07, 6.45) is 9.37. The van der Waals surface area contributed by atoms with Crippen molar-refractivity contribution in [2.75, 3.05) is 0 Å². The Bertz CT molecular complexity index is 136. The second-order valence-electron chi connectivity index (χ2n) is 2.56. The Kier molecular flexibility index (Phi) is 2.10. The van der Waals surface area contributed by atoms with E-state index in [0.717, 1.165) is 5.92 Å². The number of hydrogen-bond acceptors (Lipinski definition) is 0. The Morgan fingerprint density at radius 3 is 2.33 bits per heavy atom. The van der Waals surface area contributed by atoms with Crippen LogP contribution in [0.5, 0.6) is 0 Å². The second-order valence-corrected chi connectivity index (χ2v) is 2.56. The lowest BCUT2D eigenvalue weighted by molar-refractivity contribution is 1.04. The van der Waals surface area contributed by atoms with Gasteiger partial charge in [0, 0.05) is 0 Å². The molecule has 0 spiro atoms. The van der Waals surface area contributed by atoms with Gasteiger partial charge < -0.3 is 0 Å². The van der Waals surface area contributed by atoms with Gasteiger partial charge in [0.1, 0.15) is 0 Å². The molecule has 0 bridgehead atoms. The standard InChI is InChI=1S/C9H14/c1-3-5-8(4-2)9-6-7-9/h3-5,9H,6-7H2,1-2H3/b5-3+,8-4-. The molecule has 1 saturated carbocycles. The van der Waals surface area contributed by atoms with Gasteiger partial charge >= 0.3 is 0 Å². The molecule has 0 aromatic carbocycles. The lowest BCUT2D eigenvalue weighted by Crippen LogP contribution is -1.77. The highest BCUT2D eigenvalue weighted by atomic mass is 14.3. The van der Waals surface area contributed by atoms with Gasteiger partial charge in [-0.1, -0.05) is 18.2 Å². The van der Waals surface area contributed by atoms with E-state index < -0.39 is 0 Å². The molecule has 1 aliphatic carbocycles. The van der Waals surface area contributed by atoms with E-state index in [0.29, 0.717) is 0 Å². The normalized spacial score (nSPS) is 21.3. The van der Waals surface area contributed by atoms with Gasteiger partial charge in [-0.2, -0.15) is 0 Å². The van der Waals surface area contributed by atoms with Gasteiger partial charge in [0.05, 0.1) is 0 Å². The van der Waals surface area contributed by atoms with Crippen LogP contribution in [0, 0.1) is 5.92 Å². The summed E-state index contributed by atoms with van der Waals surface area (Å²) in [6.45, 7) is 4.19. The van der Waals surface area contributed by atoms with E-state index in [2.05, 4.69) is 32.1 Å². The molecule has 0 nitrogen and oxygen atoms in total. The van der Waals surface area contributed by atoms with Crippen LogP contribution in [0.3, 0.4) is 0 Å². The van der Waals surface area contributed by atoms with E-state index in [1.54, 1.807) is 0 Å². The summed E-state index contributed by atoms with van der Waals surface area (Å²) in [5.41, 5.74) is 1.53. The third kappa shape index (κ3) is 1.70. The zero-order valence-corrected chi connectivity index (χ0v) is 6.22. The fraction of sp³-hybridized carbons (Fsp3) is 0.556. The Morgan fingerprint density at radius 2 is 2.00 bits per heavy atom. The molecule has 0 heteroatoms. The van der Waals surface area contributed by atoms with Crippen LogP contribution in [0.25, 0.3) is 0 Å².